The number of nitrogens with one attached hydrogen (secondary N) is 1. The van der Waals surface area contributed by atoms with Crippen molar-refractivity contribution in [1.82, 2.24) is 14.7 Å². The summed E-state index contributed by atoms with van der Waals surface area (Å²) in [5, 5.41) is 6.84. The maximum atomic E-state index is 13.3. The molecule has 0 saturated heterocycles. The summed E-state index contributed by atoms with van der Waals surface area (Å²) < 4.78 is 45.6. The molecule has 0 amide bonds. The number of hydrogen-bond donors (Lipinski definition) is 1. The fourth-order valence-corrected chi connectivity index (χ4v) is 2.99. The van der Waals surface area contributed by atoms with E-state index >= 15 is 0 Å². The minimum atomic E-state index is -4.58. The molecule has 1 N–H and O–H groups in total. The third-order valence-electron chi connectivity index (χ3n) is 4.01. The molecule has 0 aliphatic heterocycles. The molecule has 0 saturated carbocycles. The highest BCUT2D eigenvalue weighted by Gasteiger charge is 2.31. The number of alkyl halides is 3. The molecule has 6 nitrogen and oxygen atoms in total. The molecule has 2 aromatic carbocycles. The fourth-order valence-electron chi connectivity index (χ4n) is 2.77. The van der Waals surface area contributed by atoms with Crippen molar-refractivity contribution in [3.8, 4) is 5.69 Å². The van der Waals surface area contributed by atoms with E-state index in [1.165, 1.54) is 30.7 Å². The minimum absolute atomic E-state index is 0.00174. The maximum absolute atomic E-state index is 13.3. The number of nitrogens with zero attached hydrogens (tertiary/aromatic N) is 3. The van der Waals surface area contributed by atoms with Crippen LogP contribution in [-0.2, 0) is 6.18 Å². The van der Waals surface area contributed by atoms with Crippen LogP contribution in [0.25, 0.3) is 16.6 Å². The predicted molar refractivity (Wildman–Crippen MR) is 97.1 cm³/mol. The molecule has 10 heteroatoms. The molecule has 28 heavy (non-hydrogen) atoms. The molecule has 0 aliphatic carbocycles. The van der Waals surface area contributed by atoms with Crippen molar-refractivity contribution in [3.05, 3.63) is 76.0 Å². The van der Waals surface area contributed by atoms with Crippen LogP contribution in [0, 0.1) is 0 Å². The molecule has 4 rings (SSSR count). The Morgan fingerprint density at radius 3 is 2.61 bits per heavy atom. The van der Waals surface area contributed by atoms with Gasteiger partial charge in [0.05, 0.1) is 28.0 Å². The molecule has 0 radical (unpaired) electrons. The van der Waals surface area contributed by atoms with Gasteiger partial charge in [-0.3, -0.25) is 4.57 Å². The van der Waals surface area contributed by atoms with E-state index in [1.807, 2.05) is 0 Å². The van der Waals surface area contributed by atoms with Crippen LogP contribution in [0.1, 0.15) is 5.56 Å². The molecule has 2 heterocycles. The zero-order chi connectivity index (χ0) is 19.9. The smallest absolute Gasteiger partial charge is 0.363 e. The van der Waals surface area contributed by atoms with Gasteiger partial charge >= 0.3 is 11.9 Å². The van der Waals surface area contributed by atoms with Gasteiger partial charge in [-0.15, -0.1) is 0 Å². The lowest BCUT2D eigenvalue weighted by Gasteiger charge is -2.16. The van der Waals surface area contributed by atoms with Crippen molar-refractivity contribution < 1.29 is 17.7 Å². The lowest BCUT2D eigenvalue weighted by molar-refractivity contribution is -0.137. The van der Waals surface area contributed by atoms with E-state index < -0.39 is 17.4 Å². The summed E-state index contributed by atoms with van der Waals surface area (Å²) in [5.74, 6) is 0.0697. The Morgan fingerprint density at radius 2 is 1.93 bits per heavy atom. The van der Waals surface area contributed by atoms with Crippen LogP contribution in [0.3, 0.4) is 0 Å². The van der Waals surface area contributed by atoms with Crippen LogP contribution in [-0.4, -0.2) is 14.7 Å². The molecule has 0 unspecified atom stereocenters. The Labute approximate surface area is 160 Å². The Morgan fingerprint density at radius 1 is 1.14 bits per heavy atom. The highest BCUT2D eigenvalue weighted by atomic mass is 35.5. The first-order valence-electron chi connectivity index (χ1n) is 7.90. The van der Waals surface area contributed by atoms with Gasteiger partial charge in [-0.25, -0.2) is 4.79 Å². The number of rotatable bonds is 3. The molecule has 2 aromatic heterocycles. The summed E-state index contributed by atoms with van der Waals surface area (Å²) in [6.45, 7) is 0. The second-order valence-electron chi connectivity index (χ2n) is 5.80. The van der Waals surface area contributed by atoms with Crippen molar-refractivity contribution in [2.24, 2.45) is 0 Å². The van der Waals surface area contributed by atoms with Crippen molar-refractivity contribution in [3.63, 3.8) is 0 Å². The van der Waals surface area contributed by atoms with Crippen LogP contribution >= 0.6 is 11.6 Å². The minimum Gasteiger partial charge on any atom is -0.363 e. The monoisotopic (exact) mass is 406 g/mol. The largest absolute Gasteiger partial charge is 0.416 e. The van der Waals surface area contributed by atoms with Gasteiger partial charge in [0, 0.05) is 5.39 Å². The van der Waals surface area contributed by atoms with Gasteiger partial charge in [0.2, 0.25) is 0 Å². The number of aromatic nitrogens is 3. The van der Waals surface area contributed by atoms with Gasteiger partial charge in [-0.1, -0.05) is 28.9 Å². The lowest BCUT2D eigenvalue weighted by Crippen LogP contribution is -2.23. The van der Waals surface area contributed by atoms with Gasteiger partial charge < -0.3 is 9.84 Å². The predicted octanol–water partition coefficient (Wildman–Crippen LogP) is 4.79. The van der Waals surface area contributed by atoms with Crippen LogP contribution in [0.5, 0.6) is 0 Å². The van der Waals surface area contributed by atoms with Crippen molar-refractivity contribution in [1.29, 1.82) is 0 Å². The van der Waals surface area contributed by atoms with Crippen LogP contribution in [0.15, 0.2) is 64.2 Å². The number of hydrogen-bond acceptors (Lipinski definition) is 5. The maximum Gasteiger partial charge on any atom is 0.416 e. The first-order valence-corrected chi connectivity index (χ1v) is 8.28. The molecule has 0 atom stereocenters. The number of fused-ring (bicyclic) bond motifs is 1. The van der Waals surface area contributed by atoms with E-state index in [2.05, 4.69) is 15.5 Å². The summed E-state index contributed by atoms with van der Waals surface area (Å²) in [6, 6.07) is 9.38. The SMILES string of the molecule is O=c1nc(Nc2cnoc2)c2ccc(C(F)(F)F)cc2n1-c1ccccc1Cl. The molecule has 0 spiro atoms. The second-order valence-corrected chi connectivity index (χ2v) is 6.20. The van der Waals surface area contributed by atoms with E-state index in [0.29, 0.717) is 5.69 Å². The Bertz CT molecular complexity index is 1220. The van der Waals surface area contributed by atoms with Gasteiger partial charge in [0.1, 0.15) is 17.8 Å². The third kappa shape index (κ3) is 3.20. The molecular weight excluding hydrogens is 397 g/mol. The first kappa shape index (κ1) is 18.1. The average molecular weight is 407 g/mol. The molecular formula is C18H10ClF3N4O2. The number of halogens is 4. The van der Waals surface area contributed by atoms with E-state index in [4.69, 9.17) is 16.1 Å². The highest BCUT2D eigenvalue weighted by molar-refractivity contribution is 6.32. The van der Waals surface area contributed by atoms with Crippen molar-refractivity contribution >= 4 is 34.0 Å². The number of para-hydroxylation sites is 1. The summed E-state index contributed by atoms with van der Waals surface area (Å²) >= 11 is 6.17. The van der Waals surface area contributed by atoms with Crippen LogP contribution < -0.4 is 11.0 Å². The molecule has 0 bridgehead atoms. The Balaban J connectivity index is 2.04. The first-order chi connectivity index (χ1) is 13.3. The topological polar surface area (TPSA) is 73.0 Å². The molecule has 0 fully saturated rings. The zero-order valence-corrected chi connectivity index (χ0v) is 14.6. The van der Waals surface area contributed by atoms with E-state index in [0.717, 1.165) is 16.7 Å². The molecule has 4 aromatic rings. The third-order valence-corrected chi connectivity index (χ3v) is 4.33. The highest BCUT2D eigenvalue weighted by Crippen LogP contribution is 2.34. The average Bonchev–Trinajstić information content (AvgIpc) is 3.15. The quantitative estimate of drug-likeness (QED) is 0.529. The Kier molecular flexibility index (Phi) is 4.31. The van der Waals surface area contributed by atoms with Gasteiger partial charge in [0.15, 0.2) is 0 Å². The summed E-state index contributed by atoms with van der Waals surface area (Å²) in [5.41, 5.74) is -1.07. The normalized spacial score (nSPS) is 11.7. The number of benzene rings is 2. The van der Waals surface area contributed by atoms with Crippen LogP contribution in [0.2, 0.25) is 5.02 Å². The van der Waals surface area contributed by atoms with Crippen molar-refractivity contribution in [2.45, 2.75) is 6.18 Å². The molecule has 0 aliphatic rings. The fraction of sp³-hybridized carbons (Fsp3) is 0.0556. The zero-order valence-electron chi connectivity index (χ0n) is 13.9. The van der Waals surface area contributed by atoms with E-state index in [1.54, 1.807) is 12.1 Å². The van der Waals surface area contributed by atoms with Gasteiger partial charge in [-0.05, 0) is 30.3 Å². The molecule has 142 valence electrons. The standard InChI is InChI=1S/C18H10ClF3N4O2/c19-13-3-1-2-4-14(13)26-15-7-10(18(20,21)22)5-6-12(15)16(25-17(26)27)24-11-8-23-28-9-11/h1-9H,(H,24,25,27). The lowest BCUT2D eigenvalue weighted by atomic mass is 10.1. The van der Waals surface area contributed by atoms with E-state index in [9.17, 15) is 18.0 Å². The summed E-state index contributed by atoms with van der Waals surface area (Å²) in [4.78, 5) is 16.7. The van der Waals surface area contributed by atoms with E-state index in [-0.39, 0.29) is 27.4 Å². The number of anilines is 2. The second kappa shape index (κ2) is 6.68. The van der Waals surface area contributed by atoms with Gasteiger partial charge in [0.25, 0.3) is 0 Å². The summed E-state index contributed by atoms with van der Waals surface area (Å²) in [6.07, 6.45) is -1.96. The van der Waals surface area contributed by atoms with Crippen molar-refractivity contribution in [2.75, 3.05) is 5.32 Å². The van der Waals surface area contributed by atoms with Crippen LogP contribution in [0.4, 0.5) is 24.7 Å². The Hall–Kier alpha value is -3.33. The summed E-state index contributed by atoms with van der Waals surface area (Å²) in [7, 11) is 0. The van der Waals surface area contributed by atoms with Gasteiger partial charge in [-0.2, -0.15) is 18.2 Å².